The second-order valence-corrected chi connectivity index (χ2v) is 3.65. The molecular formula is C9H13BrN2. The van der Waals surface area contributed by atoms with E-state index in [2.05, 4.69) is 15.9 Å². The molecule has 0 aliphatic carbocycles. The van der Waals surface area contributed by atoms with E-state index in [1.165, 1.54) is 0 Å². The summed E-state index contributed by atoms with van der Waals surface area (Å²) in [5, 5.41) is 0. The third-order valence-corrected chi connectivity index (χ3v) is 2.30. The van der Waals surface area contributed by atoms with E-state index in [9.17, 15) is 0 Å². The van der Waals surface area contributed by atoms with Crippen molar-refractivity contribution < 1.29 is 0 Å². The minimum atomic E-state index is 0.0723. The Bertz CT molecular complexity index is 233. The molecular weight excluding hydrogens is 216 g/mol. The number of nitrogens with two attached hydrogens (primary N) is 2. The van der Waals surface area contributed by atoms with Crippen molar-refractivity contribution in [1.29, 1.82) is 0 Å². The van der Waals surface area contributed by atoms with Gasteiger partial charge in [-0.3, -0.25) is 0 Å². The van der Waals surface area contributed by atoms with E-state index in [1.807, 2.05) is 24.3 Å². The van der Waals surface area contributed by atoms with E-state index < -0.39 is 0 Å². The number of halogens is 1. The highest BCUT2D eigenvalue weighted by molar-refractivity contribution is 9.10. The molecule has 0 spiro atoms. The second-order valence-electron chi connectivity index (χ2n) is 2.74. The van der Waals surface area contributed by atoms with Crippen molar-refractivity contribution in [2.75, 3.05) is 6.54 Å². The molecule has 0 saturated carbocycles. The van der Waals surface area contributed by atoms with Crippen LogP contribution < -0.4 is 11.5 Å². The standard InChI is InChI=1S/C9H13BrN2/c10-8-3-1-7(2-4-8)9(12)5-6-11/h1-4,9H,5-6,11-12H2/t9-/m1/s1. The van der Waals surface area contributed by atoms with Crippen LogP contribution in [-0.4, -0.2) is 6.54 Å². The lowest BCUT2D eigenvalue weighted by Crippen LogP contribution is -2.14. The van der Waals surface area contributed by atoms with Crippen molar-refractivity contribution in [2.45, 2.75) is 12.5 Å². The van der Waals surface area contributed by atoms with E-state index in [0.29, 0.717) is 6.54 Å². The molecule has 1 aromatic carbocycles. The molecule has 1 aromatic rings. The zero-order valence-electron chi connectivity index (χ0n) is 6.83. The summed E-state index contributed by atoms with van der Waals surface area (Å²) < 4.78 is 1.08. The third kappa shape index (κ3) is 2.59. The molecule has 3 heteroatoms. The number of hydrogen-bond donors (Lipinski definition) is 2. The predicted octanol–water partition coefficient (Wildman–Crippen LogP) is 1.80. The fraction of sp³-hybridized carbons (Fsp3) is 0.333. The van der Waals surface area contributed by atoms with E-state index in [1.54, 1.807) is 0 Å². The zero-order valence-corrected chi connectivity index (χ0v) is 8.42. The summed E-state index contributed by atoms with van der Waals surface area (Å²) in [5.41, 5.74) is 12.4. The van der Waals surface area contributed by atoms with Gasteiger partial charge >= 0.3 is 0 Å². The first-order valence-corrected chi connectivity index (χ1v) is 4.74. The van der Waals surface area contributed by atoms with Crippen LogP contribution in [0.25, 0.3) is 0 Å². The summed E-state index contributed by atoms with van der Waals surface area (Å²) in [7, 11) is 0. The molecule has 0 aliphatic heterocycles. The van der Waals surface area contributed by atoms with Crippen LogP contribution in [-0.2, 0) is 0 Å². The van der Waals surface area contributed by atoms with Crippen LogP contribution in [0.5, 0.6) is 0 Å². The fourth-order valence-corrected chi connectivity index (χ4v) is 1.32. The first kappa shape index (κ1) is 9.71. The predicted molar refractivity (Wildman–Crippen MR) is 54.7 cm³/mol. The highest BCUT2D eigenvalue weighted by Crippen LogP contribution is 2.16. The Morgan fingerprint density at radius 3 is 2.33 bits per heavy atom. The maximum Gasteiger partial charge on any atom is 0.0306 e. The van der Waals surface area contributed by atoms with Gasteiger partial charge in [0, 0.05) is 10.5 Å². The fourth-order valence-electron chi connectivity index (χ4n) is 1.06. The first-order valence-electron chi connectivity index (χ1n) is 3.95. The van der Waals surface area contributed by atoms with Crippen molar-refractivity contribution in [2.24, 2.45) is 11.5 Å². The Kier molecular flexibility index (Phi) is 3.72. The average Bonchev–Trinajstić information content (AvgIpc) is 2.06. The number of benzene rings is 1. The van der Waals surface area contributed by atoms with Crippen LogP contribution in [0.2, 0.25) is 0 Å². The zero-order chi connectivity index (χ0) is 8.97. The lowest BCUT2D eigenvalue weighted by molar-refractivity contribution is 0.661. The molecule has 0 unspecified atom stereocenters. The summed E-state index contributed by atoms with van der Waals surface area (Å²) in [4.78, 5) is 0. The monoisotopic (exact) mass is 228 g/mol. The van der Waals surface area contributed by atoms with Gasteiger partial charge in [-0.15, -0.1) is 0 Å². The van der Waals surface area contributed by atoms with Gasteiger partial charge in [-0.25, -0.2) is 0 Å². The molecule has 0 amide bonds. The minimum Gasteiger partial charge on any atom is -0.330 e. The van der Waals surface area contributed by atoms with Gasteiger partial charge in [0.15, 0.2) is 0 Å². The molecule has 1 rings (SSSR count). The topological polar surface area (TPSA) is 52.0 Å². The molecule has 0 bridgehead atoms. The van der Waals surface area contributed by atoms with Crippen molar-refractivity contribution in [1.82, 2.24) is 0 Å². The lowest BCUT2D eigenvalue weighted by atomic mass is 10.1. The Morgan fingerprint density at radius 2 is 1.83 bits per heavy atom. The van der Waals surface area contributed by atoms with Gasteiger partial charge < -0.3 is 11.5 Å². The van der Waals surface area contributed by atoms with Crippen LogP contribution in [0.3, 0.4) is 0 Å². The third-order valence-electron chi connectivity index (χ3n) is 1.78. The highest BCUT2D eigenvalue weighted by Gasteiger charge is 2.03. The molecule has 0 radical (unpaired) electrons. The molecule has 0 aromatic heterocycles. The van der Waals surface area contributed by atoms with Gasteiger partial charge in [0.05, 0.1) is 0 Å². The van der Waals surface area contributed by atoms with Crippen LogP contribution in [0.15, 0.2) is 28.7 Å². The summed E-state index contributed by atoms with van der Waals surface area (Å²) in [6, 6.07) is 8.09. The van der Waals surface area contributed by atoms with Gasteiger partial charge in [-0.2, -0.15) is 0 Å². The Labute approximate surface area is 81.1 Å². The summed E-state index contributed by atoms with van der Waals surface area (Å²) in [5.74, 6) is 0. The smallest absolute Gasteiger partial charge is 0.0306 e. The molecule has 1 atom stereocenters. The lowest BCUT2D eigenvalue weighted by Gasteiger charge is -2.09. The molecule has 0 saturated heterocycles. The molecule has 0 heterocycles. The van der Waals surface area contributed by atoms with Crippen molar-refractivity contribution in [3.8, 4) is 0 Å². The normalized spacial score (nSPS) is 12.9. The minimum absolute atomic E-state index is 0.0723. The SMILES string of the molecule is NCC[C@@H](N)c1ccc(Br)cc1. The van der Waals surface area contributed by atoms with E-state index in [-0.39, 0.29) is 6.04 Å². The largest absolute Gasteiger partial charge is 0.330 e. The highest BCUT2D eigenvalue weighted by atomic mass is 79.9. The van der Waals surface area contributed by atoms with Crippen molar-refractivity contribution in [3.05, 3.63) is 34.3 Å². The molecule has 12 heavy (non-hydrogen) atoms. The van der Waals surface area contributed by atoms with Crippen molar-refractivity contribution in [3.63, 3.8) is 0 Å². The first-order chi connectivity index (χ1) is 5.74. The Balaban J connectivity index is 2.68. The summed E-state index contributed by atoms with van der Waals surface area (Å²) in [6.07, 6.45) is 0.835. The van der Waals surface area contributed by atoms with E-state index in [0.717, 1.165) is 16.5 Å². The maximum atomic E-state index is 5.86. The van der Waals surface area contributed by atoms with E-state index >= 15 is 0 Å². The van der Waals surface area contributed by atoms with Crippen molar-refractivity contribution >= 4 is 15.9 Å². The van der Waals surface area contributed by atoms with Gasteiger partial charge in [0.1, 0.15) is 0 Å². The molecule has 4 N–H and O–H groups in total. The van der Waals surface area contributed by atoms with Gasteiger partial charge in [0.25, 0.3) is 0 Å². The van der Waals surface area contributed by atoms with Gasteiger partial charge in [-0.1, -0.05) is 28.1 Å². The van der Waals surface area contributed by atoms with Crippen LogP contribution in [0, 0.1) is 0 Å². The quantitative estimate of drug-likeness (QED) is 0.830. The van der Waals surface area contributed by atoms with E-state index in [4.69, 9.17) is 11.5 Å². The van der Waals surface area contributed by atoms with Crippen LogP contribution in [0.1, 0.15) is 18.0 Å². The van der Waals surface area contributed by atoms with Gasteiger partial charge in [-0.05, 0) is 30.7 Å². The average molecular weight is 229 g/mol. The molecule has 2 nitrogen and oxygen atoms in total. The van der Waals surface area contributed by atoms with Gasteiger partial charge in [0.2, 0.25) is 0 Å². The van der Waals surface area contributed by atoms with Crippen LogP contribution in [0.4, 0.5) is 0 Å². The number of rotatable bonds is 3. The Hall–Kier alpha value is -0.380. The van der Waals surface area contributed by atoms with Crippen LogP contribution >= 0.6 is 15.9 Å². The summed E-state index contributed by atoms with van der Waals surface area (Å²) in [6.45, 7) is 0.636. The molecule has 66 valence electrons. The summed E-state index contributed by atoms with van der Waals surface area (Å²) >= 11 is 3.37. The number of hydrogen-bond acceptors (Lipinski definition) is 2. The Morgan fingerprint density at radius 1 is 1.25 bits per heavy atom. The molecule has 0 aliphatic rings. The maximum absolute atomic E-state index is 5.86. The second kappa shape index (κ2) is 4.60. The molecule has 0 fully saturated rings.